The highest BCUT2D eigenvalue weighted by molar-refractivity contribution is 5.93. The van der Waals surface area contributed by atoms with Crippen molar-refractivity contribution in [2.24, 2.45) is 11.8 Å². The molecule has 0 bridgehead atoms. The fourth-order valence-corrected chi connectivity index (χ4v) is 3.64. The molecule has 142 valence electrons. The summed E-state index contributed by atoms with van der Waals surface area (Å²) in [4.78, 5) is 29.0. The molecule has 1 aliphatic carbocycles. The molecule has 0 radical (unpaired) electrons. The largest absolute Gasteiger partial charge is 0.352 e. The molecule has 2 N–H and O–H groups in total. The summed E-state index contributed by atoms with van der Waals surface area (Å²) >= 11 is 0. The van der Waals surface area contributed by atoms with E-state index in [9.17, 15) is 9.59 Å². The monoisotopic (exact) mass is 365 g/mol. The van der Waals surface area contributed by atoms with Crippen LogP contribution in [0.15, 0.2) is 42.7 Å². The van der Waals surface area contributed by atoms with Crippen LogP contribution >= 0.6 is 0 Å². The zero-order valence-corrected chi connectivity index (χ0v) is 16.0. The first kappa shape index (κ1) is 19.1. The predicted octanol–water partition coefficient (Wildman–Crippen LogP) is 3.76. The Morgan fingerprint density at radius 3 is 2.37 bits per heavy atom. The Hall–Kier alpha value is -2.69. The average Bonchev–Trinajstić information content (AvgIpc) is 2.69. The number of rotatable bonds is 5. The molecule has 3 rings (SSSR count). The van der Waals surface area contributed by atoms with Crippen molar-refractivity contribution < 1.29 is 9.59 Å². The molecule has 27 heavy (non-hydrogen) atoms. The third kappa shape index (κ3) is 5.16. The van der Waals surface area contributed by atoms with Crippen molar-refractivity contribution in [1.82, 2.24) is 10.3 Å². The maximum atomic E-state index is 12.6. The molecule has 0 spiro atoms. The number of pyridine rings is 1. The minimum Gasteiger partial charge on any atom is -0.352 e. The quantitative estimate of drug-likeness (QED) is 0.847. The van der Waals surface area contributed by atoms with Crippen LogP contribution in [-0.2, 0) is 16.1 Å². The number of nitrogens with zero attached hydrogens (tertiary/aromatic N) is 1. The SMILES string of the molecule is Cc1ccc(NC(=O)C2CCC(C(=O)NCc3cccnc3)CC2)c(C)c1. The van der Waals surface area contributed by atoms with Crippen LogP contribution in [0.25, 0.3) is 0 Å². The first-order valence-corrected chi connectivity index (χ1v) is 9.57. The molecule has 2 amide bonds. The second-order valence-electron chi connectivity index (χ2n) is 7.44. The van der Waals surface area contributed by atoms with Gasteiger partial charge in [-0.15, -0.1) is 0 Å². The summed E-state index contributed by atoms with van der Waals surface area (Å²) in [7, 11) is 0. The van der Waals surface area contributed by atoms with E-state index >= 15 is 0 Å². The summed E-state index contributed by atoms with van der Waals surface area (Å²) in [6.07, 6.45) is 6.49. The van der Waals surface area contributed by atoms with Crippen molar-refractivity contribution in [3.05, 3.63) is 59.4 Å². The Morgan fingerprint density at radius 1 is 1.04 bits per heavy atom. The second-order valence-corrected chi connectivity index (χ2v) is 7.44. The number of hydrogen-bond donors (Lipinski definition) is 2. The Labute approximate surface area is 160 Å². The van der Waals surface area contributed by atoms with E-state index in [0.717, 1.165) is 42.5 Å². The van der Waals surface area contributed by atoms with E-state index in [1.54, 1.807) is 12.4 Å². The molecule has 0 saturated heterocycles. The van der Waals surface area contributed by atoms with Crippen molar-refractivity contribution in [2.75, 3.05) is 5.32 Å². The molecular weight excluding hydrogens is 338 g/mol. The van der Waals surface area contributed by atoms with Crippen LogP contribution in [0.2, 0.25) is 0 Å². The fourth-order valence-electron chi connectivity index (χ4n) is 3.64. The highest BCUT2D eigenvalue weighted by Crippen LogP contribution is 2.30. The van der Waals surface area contributed by atoms with E-state index < -0.39 is 0 Å². The van der Waals surface area contributed by atoms with Gasteiger partial charge in [-0.05, 0) is 62.8 Å². The lowest BCUT2D eigenvalue weighted by atomic mass is 9.81. The Morgan fingerprint density at radius 2 is 1.74 bits per heavy atom. The summed E-state index contributed by atoms with van der Waals surface area (Å²) in [6, 6.07) is 9.84. The summed E-state index contributed by atoms with van der Waals surface area (Å²) in [5, 5.41) is 6.04. The lowest BCUT2D eigenvalue weighted by Crippen LogP contribution is -2.35. The maximum Gasteiger partial charge on any atom is 0.227 e. The number of hydrogen-bond acceptors (Lipinski definition) is 3. The lowest BCUT2D eigenvalue weighted by Gasteiger charge is -2.27. The number of nitrogens with one attached hydrogen (secondary N) is 2. The third-order valence-corrected chi connectivity index (χ3v) is 5.30. The number of carbonyl (C=O) groups is 2. The summed E-state index contributed by atoms with van der Waals surface area (Å²) in [5.74, 6) is 0.114. The molecule has 0 unspecified atom stereocenters. The Kier molecular flexibility index (Phi) is 6.22. The van der Waals surface area contributed by atoms with E-state index in [1.807, 2.05) is 38.1 Å². The van der Waals surface area contributed by atoms with Crippen molar-refractivity contribution >= 4 is 17.5 Å². The van der Waals surface area contributed by atoms with Crippen LogP contribution in [0.1, 0.15) is 42.4 Å². The molecule has 1 aliphatic rings. The molecule has 1 heterocycles. The van der Waals surface area contributed by atoms with Gasteiger partial charge in [0.1, 0.15) is 0 Å². The van der Waals surface area contributed by atoms with Gasteiger partial charge in [0.25, 0.3) is 0 Å². The average molecular weight is 365 g/mol. The third-order valence-electron chi connectivity index (χ3n) is 5.30. The van der Waals surface area contributed by atoms with Gasteiger partial charge in [0.15, 0.2) is 0 Å². The molecule has 2 aromatic rings. The van der Waals surface area contributed by atoms with Gasteiger partial charge in [-0.1, -0.05) is 23.8 Å². The van der Waals surface area contributed by atoms with Crippen LogP contribution < -0.4 is 10.6 Å². The van der Waals surface area contributed by atoms with Gasteiger partial charge in [-0.25, -0.2) is 0 Å². The van der Waals surface area contributed by atoms with E-state index in [2.05, 4.69) is 21.7 Å². The van der Waals surface area contributed by atoms with Gasteiger partial charge in [-0.2, -0.15) is 0 Å². The zero-order chi connectivity index (χ0) is 19.2. The first-order valence-electron chi connectivity index (χ1n) is 9.57. The predicted molar refractivity (Wildman–Crippen MR) is 106 cm³/mol. The smallest absolute Gasteiger partial charge is 0.227 e. The van der Waals surface area contributed by atoms with Gasteiger partial charge in [0.05, 0.1) is 0 Å². The lowest BCUT2D eigenvalue weighted by molar-refractivity contribution is -0.128. The van der Waals surface area contributed by atoms with E-state index in [1.165, 1.54) is 5.56 Å². The standard InChI is InChI=1S/C22H27N3O2/c1-15-5-10-20(16(2)12-15)25-22(27)19-8-6-18(7-9-19)21(26)24-14-17-4-3-11-23-13-17/h3-5,10-13,18-19H,6-9,14H2,1-2H3,(H,24,26)(H,25,27). The molecule has 1 saturated carbocycles. The van der Waals surface area contributed by atoms with Gasteiger partial charge >= 0.3 is 0 Å². The van der Waals surface area contributed by atoms with Crippen molar-refractivity contribution in [2.45, 2.75) is 46.1 Å². The molecule has 5 nitrogen and oxygen atoms in total. The number of aromatic nitrogens is 1. The van der Waals surface area contributed by atoms with Crippen LogP contribution in [0.5, 0.6) is 0 Å². The molecule has 1 aromatic carbocycles. The molecule has 0 aliphatic heterocycles. The second kappa shape index (κ2) is 8.80. The van der Waals surface area contributed by atoms with Gasteiger partial charge in [0, 0.05) is 36.5 Å². The number of amides is 2. The van der Waals surface area contributed by atoms with Crippen molar-refractivity contribution in [1.29, 1.82) is 0 Å². The topological polar surface area (TPSA) is 71.1 Å². The maximum absolute atomic E-state index is 12.6. The number of benzene rings is 1. The first-order chi connectivity index (χ1) is 13.0. The Bertz CT molecular complexity index is 796. The molecule has 1 fully saturated rings. The molecule has 0 atom stereocenters. The van der Waals surface area contributed by atoms with Crippen molar-refractivity contribution in [3.63, 3.8) is 0 Å². The highest BCUT2D eigenvalue weighted by Gasteiger charge is 2.30. The molecule has 5 heteroatoms. The summed E-state index contributed by atoms with van der Waals surface area (Å²) in [6.45, 7) is 4.55. The minimum atomic E-state index is -0.0203. The number of carbonyl (C=O) groups excluding carboxylic acids is 2. The van der Waals surface area contributed by atoms with E-state index in [0.29, 0.717) is 6.54 Å². The number of anilines is 1. The summed E-state index contributed by atoms with van der Waals surface area (Å²) < 4.78 is 0. The van der Waals surface area contributed by atoms with Crippen molar-refractivity contribution in [3.8, 4) is 0 Å². The van der Waals surface area contributed by atoms with Gasteiger partial charge < -0.3 is 10.6 Å². The number of aryl methyl sites for hydroxylation is 2. The normalized spacial score (nSPS) is 19.3. The zero-order valence-electron chi connectivity index (χ0n) is 16.0. The van der Waals surface area contributed by atoms with Crippen LogP contribution in [0.4, 0.5) is 5.69 Å². The van der Waals surface area contributed by atoms with Crippen LogP contribution in [0.3, 0.4) is 0 Å². The molecule has 1 aromatic heterocycles. The molecular formula is C22H27N3O2. The summed E-state index contributed by atoms with van der Waals surface area (Å²) in [5.41, 5.74) is 4.13. The van der Waals surface area contributed by atoms with E-state index in [4.69, 9.17) is 0 Å². The van der Waals surface area contributed by atoms with Crippen LogP contribution in [0, 0.1) is 25.7 Å². The van der Waals surface area contributed by atoms with Crippen LogP contribution in [-0.4, -0.2) is 16.8 Å². The van der Waals surface area contributed by atoms with Gasteiger partial charge in [-0.3, -0.25) is 14.6 Å². The highest BCUT2D eigenvalue weighted by atomic mass is 16.2. The van der Waals surface area contributed by atoms with E-state index in [-0.39, 0.29) is 23.7 Å². The Balaban J connectivity index is 1.46. The fraction of sp³-hybridized carbons (Fsp3) is 0.409. The minimum absolute atomic E-state index is 0.00756. The van der Waals surface area contributed by atoms with Gasteiger partial charge in [0.2, 0.25) is 11.8 Å².